The molecule has 0 aromatic heterocycles. The van der Waals surface area contributed by atoms with Gasteiger partial charge in [-0.1, -0.05) is 13.8 Å². The van der Waals surface area contributed by atoms with Crippen molar-refractivity contribution < 1.29 is 0 Å². The molecule has 0 aromatic carbocycles. The van der Waals surface area contributed by atoms with Crippen LogP contribution in [0.25, 0.3) is 0 Å². The average Bonchev–Trinajstić information content (AvgIpc) is 2.09. The maximum Gasteiger partial charge on any atom is 0.0346 e. The van der Waals surface area contributed by atoms with E-state index in [1.807, 2.05) is 0 Å². The highest BCUT2D eigenvalue weighted by molar-refractivity contribution is 4.93. The maximum absolute atomic E-state index is 5.85. The second-order valence-electron chi connectivity index (χ2n) is 5.91. The van der Waals surface area contributed by atoms with Gasteiger partial charge < -0.3 is 5.73 Å². The summed E-state index contributed by atoms with van der Waals surface area (Å²) in [6, 6.07) is 0.533. The van der Waals surface area contributed by atoms with Crippen molar-refractivity contribution in [2.45, 2.75) is 39.3 Å². The molecule has 0 bridgehead atoms. The fraction of sp³-hybridized carbons (Fsp3) is 1.00. The third-order valence-corrected chi connectivity index (χ3v) is 3.50. The third-order valence-electron chi connectivity index (χ3n) is 3.50. The van der Waals surface area contributed by atoms with Gasteiger partial charge in [0.05, 0.1) is 0 Å². The molecule has 1 heterocycles. The molecule has 15 heavy (non-hydrogen) atoms. The van der Waals surface area contributed by atoms with E-state index in [9.17, 15) is 0 Å². The summed E-state index contributed by atoms with van der Waals surface area (Å²) in [6.45, 7) is 13.3. The highest BCUT2D eigenvalue weighted by atomic mass is 15.3. The molecule has 1 rings (SSSR count). The van der Waals surface area contributed by atoms with Gasteiger partial charge in [0.15, 0.2) is 0 Å². The van der Waals surface area contributed by atoms with E-state index in [4.69, 9.17) is 5.73 Å². The van der Waals surface area contributed by atoms with Crippen molar-refractivity contribution >= 4 is 0 Å². The SMILES string of the molecule is CC(C)CN1CC(C)(C)N(C)CC1CN. The van der Waals surface area contributed by atoms with Crippen LogP contribution in [-0.2, 0) is 0 Å². The number of hydrogen-bond donors (Lipinski definition) is 1. The molecule has 1 fully saturated rings. The van der Waals surface area contributed by atoms with Crippen LogP contribution in [0.1, 0.15) is 27.7 Å². The minimum absolute atomic E-state index is 0.278. The van der Waals surface area contributed by atoms with Crippen LogP contribution in [0.15, 0.2) is 0 Å². The quantitative estimate of drug-likeness (QED) is 0.759. The van der Waals surface area contributed by atoms with Crippen molar-refractivity contribution in [2.75, 3.05) is 33.2 Å². The lowest BCUT2D eigenvalue weighted by Crippen LogP contribution is -2.64. The van der Waals surface area contributed by atoms with E-state index in [0.717, 1.165) is 25.6 Å². The van der Waals surface area contributed by atoms with Gasteiger partial charge in [0.1, 0.15) is 0 Å². The summed E-state index contributed by atoms with van der Waals surface area (Å²) >= 11 is 0. The first-order valence-electron chi connectivity index (χ1n) is 6.02. The van der Waals surface area contributed by atoms with Gasteiger partial charge in [-0.25, -0.2) is 0 Å². The Balaban J connectivity index is 2.67. The van der Waals surface area contributed by atoms with Crippen LogP contribution in [-0.4, -0.2) is 54.6 Å². The van der Waals surface area contributed by atoms with Gasteiger partial charge in [0, 0.05) is 37.8 Å². The molecule has 3 nitrogen and oxygen atoms in total. The van der Waals surface area contributed by atoms with Gasteiger partial charge in [-0.05, 0) is 26.8 Å². The van der Waals surface area contributed by atoms with E-state index < -0.39 is 0 Å². The first kappa shape index (κ1) is 12.9. The topological polar surface area (TPSA) is 32.5 Å². The van der Waals surface area contributed by atoms with Crippen molar-refractivity contribution in [3.8, 4) is 0 Å². The molecule has 1 unspecified atom stereocenters. The number of rotatable bonds is 3. The number of nitrogens with two attached hydrogens (primary N) is 1. The van der Waals surface area contributed by atoms with Crippen LogP contribution in [0, 0.1) is 5.92 Å². The first-order valence-corrected chi connectivity index (χ1v) is 6.02. The molecule has 0 saturated carbocycles. The third kappa shape index (κ3) is 3.16. The summed E-state index contributed by atoms with van der Waals surface area (Å²) in [6.07, 6.45) is 0. The number of nitrogens with zero attached hydrogens (tertiary/aromatic N) is 2. The zero-order valence-electron chi connectivity index (χ0n) is 11.0. The summed E-state index contributed by atoms with van der Waals surface area (Å²) < 4.78 is 0. The number of hydrogen-bond acceptors (Lipinski definition) is 3. The minimum atomic E-state index is 0.278. The maximum atomic E-state index is 5.85. The number of piperazine rings is 1. The Bertz CT molecular complexity index is 201. The van der Waals surface area contributed by atoms with Crippen LogP contribution in [0.2, 0.25) is 0 Å². The van der Waals surface area contributed by atoms with Gasteiger partial charge in [0.25, 0.3) is 0 Å². The molecule has 1 aliphatic heterocycles. The standard InChI is InChI=1S/C12H27N3/c1-10(2)7-15-9-12(3,4)14(5)8-11(15)6-13/h10-11H,6-9,13H2,1-5H3. The van der Waals surface area contributed by atoms with Crippen molar-refractivity contribution in [1.82, 2.24) is 9.80 Å². The monoisotopic (exact) mass is 213 g/mol. The van der Waals surface area contributed by atoms with E-state index in [2.05, 4.69) is 44.5 Å². The summed E-state index contributed by atoms with van der Waals surface area (Å²) in [5, 5.41) is 0. The normalized spacial score (nSPS) is 28.6. The van der Waals surface area contributed by atoms with Crippen molar-refractivity contribution in [3.63, 3.8) is 0 Å². The predicted octanol–water partition coefficient (Wildman–Crippen LogP) is 0.996. The van der Waals surface area contributed by atoms with Crippen molar-refractivity contribution in [1.29, 1.82) is 0 Å². The summed E-state index contributed by atoms with van der Waals surface area (Å²) in [5.74, 6) is 0.721. The average molecular weight is 213 g/mol. The molecule has 0 aromatic rings. The molecule has 0 aliphatic carbocycles. The molecular formula is C12H27N3. The Hall–Kier alpha value is -0.120. The lowest BCUT2D eigenvalue weighted by molar-refractivity contribution is -0.00348. The van der Waals surface area contributed by atoms with E-state index in [1.54, 1.807) is 0 Å². The lowest BCUT2D eigenvalue weighted by Gasteiger charge is -2.50. The molecule has 90 valence electrons. The van der Waals surface area contributed by atoms with Gasteiger partial charge in [0.2, 0.25) is 0 Å². The van der Waals surface area contributed by atoms with Gasteiger partial charge >= 0.3 is 0 Å². The molecular weight excluding hydrogens is 186 g/mol. The first-order chi connectivity index (χ1) is 6.86. The Morgan fingerprint density at radius 2 is 2.00 bits per heavy atom. The zero-order valence-corrected chi connectivity index (χ0v) is 11.0. The van der Waals surface area contributed by atoms with Crippen LogP contribution in [0.3, 0.4) is 0 Å². The summed E-state index contributed by atoms with van der Waals surface area (Å²) in [7, 11) is 2.20. The molecule has 0 amide bonds. The lowest BCUT2D eigenvalue weighted by atomic mass is 9.95. The smallest absolute Gasteiger partial charge is 0.0346 e. The largest absolute Gasteiger partial charge is 0.329 e. The van der Waals surface area contributed by atoms with Crippen molar-refractivity contribution in [2.24, 2.45) is 11.7 Å². The minimum Gasteiger partial charge on any atom is -0.329 e. The van der Waals surface area contributed by atoms with E-state index in [-0.39, 0.29) is 5.54 Å². The predicted molar refractivity (Wildman–Crippen MR) is 66.0 cm³/mol. The molecule has 1 atom stereocenters. The van der Waals surface area contributed by atoms with E-state index in [1.165, 1.54) is 6.54 Å². The zero-order chi connectivity index (χ0) is 11.6. The molecule has 1 saturated heterocycles. The Morgan fingerprint density at radius 1 is 1.40 bits per heavy atom. The van der Waals surface area contributed by atoms with E-state index in [0.29, 0.717) is 6.04 Å². The fourth-order valence-corrected chi connectivity index (χ4v) is 2.33. The Morgan fingerprint density at radius 3 is 2.47 bits per heavy atom. The summed E-state index contributed by atoms with van der Waals surface area (Å²) in [5.41, 5.74) is 6.13. The second kappa shape index (κ2) is 4.81. The summed E-state index contributed by atoms with van der Waals surface area (Å²) in [4.78, 5) is 4.99. The van der Waals surface area contributed by atoms with Crippen molar-refractivity contribution in [3.05, 3.63) is 0 Å². The van der Waals surface area contributed by atoms with Crippen LogP contribution < -0.4 is 5.73 Å². The van der Waals surface area contributed by atoms with Crippen LogP contribution >= 0.6 is 0 Å². The second-order valence-corrected chi connectivity index (χ2v) is 5.91. The molecule has 3 heteroatoms. The van der Waals surface area contributed by atoms with E-state index >= 15 is 0 Å². The number of likely N-dealkylation sites (N-methyl/N-ethyl adjacent to an activating group) is 1. The highest BCUT2D eigenvalue weighted by Crippen LogP contribution is 2.23. The van der Waals surface area contributed by atoms with Gasteiger partial charge in [-0.15, -0.1) is 0 Å². The fourth-order valence-electron chi connectivity index (χ4n) is 2.33. The Labute approximate surface area is 94.6 Å². The van der Waals surface area contributed by atoms with Gasteiger partial charge in [-0.3, -0.25) is 9.80 Å². The molecule has 2 N–H and O–H groups in total. The van der Waals surface area contributed by atoms with Crippen LogP contribution in [0.5, 0.6) is 0 Å². The van der Waals surface area contributed by atoms with Gasteiger partial charge in [-0.2, -0.15) is 0 Å². The highest BCUT2D eigenvalue weighted by Gasteiger charge is 2.36. The molecule has 0 spiro atoms. The van der Waals surface area contributed by atoms with Crippen LogP contribution in [0.4, 0.5) is 0 Å². The Kier molecular flexibility index (Phi) is 4.15. The molecule has 0 radical (unpaired) electrons. The molecule has 1 aliphatic rings.